The normalized spacial score (nSPS) is 12.8. The van der Waals surface area contributed by atoms with E-state index in [1.807, 2.05) is 19.2 Å². The fourth-order valence-corrected chi connectivity index (χ4v) is 1.84. The molecule has 19 heavy (non-hydrogen) atoms. The minimum absolute atomic E-state index is 0.268. The molecule has 0 fully saturated rings. The summed E-state index contributed by atoms with van der Waals surface area (Å²) in [5, 5.41) is 4.03. The lowest BCUT2D eigenvalue weighted by molar-refractivity contribution is 0.183. The van der Waals surface area contributed by atoms with Gasteiger partial charge in [-0.15, -0.1) is 0 Å². The van der Waals surface area contributed by atoms with Gasteiger partial charge in [-0.05, 0) is 19.1 Å². The summed E-state index contributed by atoms with van der Waals surface area (Å²) in [6, 6.07) is 4.52. The van der Waals surface area contributed by atoms with Crippen molar-refractivity contribution in [1.82, 2.24) is 10.3 Å². The summed E-state index contributed by atoms with van der Waals surface area (Å²) >= 11 is 6.18. The van der Waals surface area contributed by atoms with Crippen LogP contribution in [-0.2, 0) is 11.3 Å². The van der Waals surface area contributed by atoms with Crippen molar-refractivity contribution in [2.45, 2.75) is 39.4 Å². The second-order valence-corrected chi connectivity index (χ2v) is 5.46. The summed E-state index contributed by atoms with van der Waals surface area (Å²) in [5.41, 5.74) is 0.879. The minimum Gasteiger partial charge on any atom is -0.383 e. The first kappa shape index (κ1) is 16.2. The molecule has 0 aliphatic rings. The number of nitrogens with one attached hydrogen (secondary N) is 1. The quantitative estimate of drug-likeness (QED) is 0.836. The van der Waals surface area contributed by atoms with E-state index < -0.39 is 0 Å². The molecular weight excluding hydrogens is 262 g/mol. The van der Waals surface area contributed by atoms with Gasteiger partial charge < -0.3 is 15.0 Å². The molecule has 1 unspecified atom stereocenters. The van der Waals surface area contributed by atoms with Crippen LogP contribution in [0.5, 0.6) is 0 Å². The second-order valence-electron chi connectivity index (χ2n) is 5.05. The van der Waals surface area contributed by atoms with Gasteiger partial charge in [0.2, 0.25) is 0 Å². The Balaban J connectivity index is 2.82. The average Bonchev–Trinajstić information content (AvgIpc) is 2.37. The number of ether oxygens (including phenoxy) is 1. The average molecular weight is 286 g/mol. The number of methoxy groups -OCH3 is 1. The number of pyridine rings is 1. The lowest BCUT2D eigenvalue weighted by Crippen LogP contribution is -2.33. The van der Waals surface area contributed by atoms with Crippen LogP contribution < -0.4 is 10.2 Å². The summed E-state index contributed by atoms with van der Waals surface area (Å²) in [5.74, 6) is 0.912. The highest BCUT2D eigenvalue weighted by Crippen LogP contribution is 2.20. The Morgan fingerprint density at radius 2 is 2.05 bits per heavy atom. The highest BCUT2D eigenvalue weighted by atomic mass is 35.5. The molecule has 1 heterocycles. The molecule has 1 rings (SSSR count). The number of rotatable bonds is 7. The van der Waals surface area contributed by atoms with Gasteiger partial charge in [0.05, 0.1) is 23.4 Å². The first-order chi connectivity index (χ1) is 8.95. The zero-order valence-corrected chi connectivity index (χ0v) is 13.2. The lowest BCUT2D eigenvalue weighted by Gasteiger charge is -2.26. The van der Waals surface area contributed by atoms with Crippen molar-refractivity contribution in [2.75, 3.05) is 25.7 Å². The molecule has 1 aromatic rings. The highest BCUT2D eigenvalue weighted by Gasteiger charge is 2.13. The van der Waals surface area contributed by atoms with Crippen molar-refractivity contribution >= 4 is 17.4 Å². The van der Waals surface area contributed by atoms with E-state index in [0.29, 0.717) is 24.2 Å². The van der Waals surface area contributed by atoms with Gasteiger partial charge in [-0.1, -0.05) is 25.4 Å². The fourth-order valence-electron chi connectivity index (χ4n) is 1.67. The van der Waals surface area contributed by atoms with Gasteiger partial charge in [-0.2, -0.15) is 0 Å². The van der Waals surface area contributed by atoms with Gasteiger partial charge in [0.15, 0.2) is 0 Å². The van der Waals surface area contributed by atoms with Crippen LogP contribution in [0.1, 0.15) is 26.5 Å². The zero-order chi connectivity index (χ0) is 14.4. The third-order valence-electron chi connectivity index (χ3n) is 3.01. The van der Waals surface area contributed by atoms with Crippen molar-refractivity contribution in [3.63, 3.8) is 0 Å². The van der Waals surface area contributed by atoms with Crippen LogP contribution in [-0.4, -0.2) is 37.8 Å². The second kappa shape index (κ2) is 7.68. The summed E-state index contributed by atoms with van der Waals surface area (Å²) in [6.45, 7) is 7.65. The molecule has 0 aliphatic heterocycles. The van der Waals surface area contributed by atoms with Crippen LogP contribution in [0.15, 0.2) is 12.1 Å². The molecule has 1 N–H and O–H groups in total. The van der Waals surface area contributed by atoms with Crippen LogP contribution >= 0.6 is 11.6 Å². The van der Waals surface area contributed by atoms with Crippen molar-refractivity contribution < 1.29 is 4.74 Å². The monoisotopic (exact) mass is 285 g/mol. The molecule has 0 radical (unpaired) electrons. The molecule has 0 amide bonds. The standard InChI is InChI=1S/C14H24ClN3O/c1-10(2)16-8-13-12(15)6-7-14(17-13)18(4)11(3)9-19-5/h6-7,10-11,16H,8-9H2,1-5H3. The van der Waals surface area contributed by atoms with Gasteiger partial charge in [-0.25, -0.2) is 4.98 Å². The Labute approximate surface area is 121 Å². The highest BCUT2D eigenvalue weighted by molar-refractivity contribution is 6.31. The smallest absolute Gasteiger partial charge is 0.129 e. The molecule has 0 aliphatic carbocycles. The maximum atomic E-state index is 6.18. The molecule has 1 aromatic heterocycles. The maximum Gasteiger partial charge on any atom is 0.129 e. The van der Waals surface area contributed by atoms with Crippen molar-refractivity contribution in [3.8, 4) is 0 Å². The molecule has 1 atom stereocenters. The van der Waals surface area contributed by atoms with E-state index >= 15 is 0 Å². The molecule has 108 valence electrons. The number of anilines is 1. The number of nitrogens with zero attached hydrogens (tertiary/aromatic N) is 2. The third-order valence-corrected chi connectivity index (χ3v) is 3.36. The largest absolute Gasteiger partial charge is 0.383 e. The summed E-state index contributed by atoms with van der Waals surface area (Å²) < 4.78 is 5.17. The van der Waals surface area contributed by atoms with Gasteiger partial charge in [-0.3, -0.25) is 0 Å². The van der Waals surface area contributed by atoms with Gasteiger partial charge in [0.25, 0.3) is 0 Å². The number of hydrogen-bond acceptors (Lipinski definition) is 4. The van der Waals surface area contributed by atoms with Gasteiger partial charge >= 0.3 is 0 Å². The van der Waals surface area contributed by atoms with Crippen LogP contribution in [0.25, 0.3) is 0 Å². The minimum atomic E-state index is 0.268. The van der Waals surface area contributed by atoms with E-state index in [1.54, 1.807) is 7.11 Å². The molecule has 0 spiro atoms. The van der Waals surface area contributed by atoms with Crippen molar-refractivity contribution in [1.29, 1.82) is 0 Å². The topological polar surface area (TPSA) is 37.4 Å². The summed E-state index contributed by atoms with van der Waals surface area (Å²) in [4.78, 5) is 6.72. The lowest BCUT2D eigenvalue weighted by atomic mass is 10.2. The molecule has 0 bridgehead atoms. The Hall–Kier alpha value is -0.840. The number of hydrogen-bond donors (Lipinski definition) is 1. The molecule has 5 heteroatoms. The number of aromatic nitrogens is 1. The Bertz CT molecular complexity index is 398. The van der Waals surface area contributed by atoms with E-state index in [9.17, 15) is 0 Å². The van der Waals surface area contributed by atoms with Crippen LogP contribution in [0.4, 0.5) is 5.82 Å². The van der Waals surface area contributed by atoms with E-state index in [1.165, 1.54) is 0 Å². The maximum absolute atomic E-state index is 6.18. The van der Waals surface area contributed by atoms with E-state index in [0.717, 1.165) is 11.5 Å². The van der Waals surface area contributed by atoms with E-state index in [4.69, 9.17) is 16.3 Å². The first-order valence-electron chi connectivity index (χ1n) is 6.56. The Morgan fingerprint density at radius 3 is 2.63 bits per heavy atom. The van der Waals surface area contributed by atoms with Crippen LogP contribution in [0.2, 0.25) is 5.02 Å². The third kappa shape index (κ3) is 4.97. The van der Waals surface area contributed by atoms with E-state index in [-0.39, 0.29) is 6.04 Å². The van der Waals surface area contributed by atoms with Crippen LogP contribution in [0.3, 0.4) is 0 Å². The van der Waals surface area contributed by atoms with Gasteiger partial charge in [0.1, 0.15) is 5.82 Å². The Kier molecular flexibility index (Phi) is 6.55. The van der Waals surface area contributed by atoms with E-state index in [2.05, 4.69) is 36.0 Å². The molecule has 0 saturated carbocycles. The van der Waals surface area contributed by atoms with Gasteiger partial charge in [0, 0.05) is 26.7 Å². The van der Waals surface area contributed by atoms with Crippen molar-refractivity contribution in [3.05, 3.63) is 22.8 Å². The summed E-state index contributed by atoms with van der Waals surface area (Å²) in [6.07, 6.45) is 0. The van der Waals surface area contributed by atoms with Crippen LogP contribution in [0, 0.1) is 0 Å². The molecule has 0 saturated heterocycles. The van der Waals surface area contributed by atoms with Crippen molar-refractivity contribution in [2.24, 2.45) is 0 Å². The number of likely N-dealkylation sites (N-methyl/N-ethyl adjacent to an activating group) is 1. The zero-order valence-electron chi connectivity index (χ0n) is 12.4. The first-order valence-corrected chi connectivity index (χ1v) is 6.94. The SMILES string of the molecule is COCC(C)N(C)c1ccc(Cl)c(CNC(C)C)n1. The summed E-state index contributed by atoms with van der Waals surface area (Å²) in [7, 11) is 3.72. The molecular formula is C14H24ClN3O. The Morgan fingerprint density at radius 1 is 1.37 bits per heavy atom. The molecule has 0 aromatic carbocycles. The molecule has 4 nitrogen and oxygen atoms in total. The predicted octanol–water partition coefficient (Wildman–Crippen LogP) is 2.70. The predicted molar refractivity (Wildman–Crippen MR) is 81.0 cm³/mol. The number of halogens is 1. The fraction of sp³-hybridized carbons (Fsp3) is 0.643.